The van der Waals surface area contributed by atoms with E-state index in [-0.39, 0.29) is 17.4 Å². The number of amides is 1. The summed E-state index contributed by atoms with van der Waals surface area (Å²) in [5.41, 5.74) is 3.77. The van der Waals surface area contributed by atoms with Crippen molar-refractivity contribution in [3.05, 3.63) is 39.1 Å². The quantitative estimate of drug-likeness (QED) is 0.629. The molecule has 0 aliphatic heterocycles. The van der Waals surface area contributed by atoms with Crippen LogP contribution in [0, 0.1) is 6.92 Å². The highest BCUT2D eigenvalue weighted by Gasteiger charge is 2.25. The second-order valence-electron chi connectivity index (χ2n) is 9.13. The molecule has 29 heavy (non-hydrogen) atoms. The molecule has 6 nitrogen and oxygen atoms in total. The van der Waals surface area contributed by atoms with Crippen LogP contribution in [0.1, 0.15) is 92.7 Å². The fourth-order valence-corrected chi connectivity index (χ4v) is 4.02. The zero-order valence-corrected chi connectivity index (χ0v) is 19.4. The normalized spacial score (nSPS) is 12.3. The van der Waals surface area contributed by atoms with Gasteiger partial charge >= 0.3 is 0 Å². The number of fused-ring (bicyclic) bond motifs is 1. The molecule has 3 aromatic heterocycles. The van der Waals surface area contributed by atoms with Gasteiger partial charge in [0.15, 0.2) is 5.65 Å². The minimum absolute atomic E-state index is 0.116. The van der Waals surface area contributed by atoms with Crippen molar-refractivity contribution in [2.45, 2.75) is 79.3 Å². The number of hydrogen-bond donors (Lipinski definition) is 1. The van der Waals surface area contributed by atoms with E-state index >= 15 is 0 Å². The van der Waals surface area contributed by atoms with E-state index in [0.29, 0.717) is 18.0 Å². The van der Waals surface area contributed by atoms with E-state index in [0.717, 1.165) is 33.1 Å². The van der Waals surface area contributed by atoms with E-state index in [4.69, 9.17) is 10.1 Å². The monoisotopic (exact) mass is 413 g/mol. The first-order valence-electron chi connectivity index (χ1n) is 10.1. The molecule has 0 saturated heterocycles. The summed E-state index contributed by atoms with van der Waals surface area (Å²) in [4.78, 5) is 22.6. The predicted molar refractivity (Wildman–Crippen MR) is 119 cm³/mol. The third kappa shape index (κ3) is 4.34. The summed E-state index contributed by atoms with van der Waals surface area (Å²) in [7, 11) is 0. The highest BCUT2D eigenvalue weighted by atomic mass is 32.1. The van der Waals surface area contributed by atoms with E-state index in [1.165, 1.54) is 0 Å². The standard InChI is InChI=1S/C22H31N5OS/c1-12(2)17-9-16(18-14(5)26-27(19(18)25-17)22(6,7)8)20(28)23-10-15-11-29-21(24-15)13(3)4/h9,11-13H,10H2,1-8H3,(H,23,28). The Morgan fingerprint density at radius 2 is 1.86 bits per heavy atom. The molecule has 3 heterocycles. The number of carbonyl (C=O) groups is 1. The molecule has 0 radical (unpaired) electrons. The van der Waals surface area contributed by atoms with Gasteiger partial charge in [0.2, 0.25) is 0 Å². The highest BCUT2D eigenvalue weighted by molar-refractivity contribution is 7.09. The number of carbonyl (C=O) groups excluding carboxylic acids is 1. The molecule has 7 heteroatoms. The summed E-state index contributed by atoms with van der Waals surface area (Å²) in [5.74, 6) is 0.487. The number of aryl methyl sites for hydroxylation is 1. The molecule has 0 aliphatic rings. The molecule has 0 unspecified atom stereocenters. The first-order chi connectivity index (χ1) is 13.5. The van der Waals surface area contributed by atoms with Crippen LogP contribution in [0.15, 0.2) is 11.4 Å². The van der Waals surface area contributed by atoms with Crippen molar-refractivity contribution < 1.29 is 4.79 Å². The first-order valence-corrected chi connectivity index (χ1v) is 11.0. The van der Waals surface area contributed by atoms with Crippen LogP contribution in [0.4, 0.5) is 0 Å². The van der Waals surface area contributed by atoms with Crippen LogP contribution in [0.5, 0.6) is 0 Å². The van der Waals surface area contributed by atoms with Gasteiger partial charge in [0.25, 0.3) is 5.91 Å². The van der Waals surface area contributed by atoms with Crippen LogP contribution in [-0.4, -0.2) is 25.7 Å². The molecule has 1 N–H and O–H groups in total. The van der Waals surface area contributed by atoms with E-state index in [1.807, 2.05) is 23.1 Å². The van der Waals surface area contributed by atoms with Gasteiger partial charge in [-0.05, 0) is 39.7 Å². The first kappa shape index (κ1) is 21.4. The molecule has 0 saturated carbocycles. The fraction of sp³-hybridized carbons (Fsp3) is 0.545. The lowest BCUT2D eigenvalue weighted by molar-refractivity contribution is 0.0952. The Labute approximate surface area is 176 Å². The van der Waals surface area contributed by atoms with Gasteiger partial charge < -0.3 is 5.32 Å². The van der Waals surface area contributed by atoms with Gasteiger partial charge in [-0.2, -0.15) is 5.10 Å². The summed E-state index contributed by atoms with van der Waals surface area (Å²) in [6.45, 7) is 17.1. The van der Waals surface area contributed by atoms with Gasteiger partial charge in [0.05, 0.1) is 39.4 Å². The van der Waals surface area contributed by atoms with E-state index in [2.05, 4.69) is 58.8 Å². The number of nitrogens with zero attached hydrogens (tertiary/aromatic N) is 4. The number of pyridine rings is 1. The molecule has 0 aromatic carbocycles. The molecule has 156 valence electrons. The lowest BCUT2D eigenvalue weighted by Gasteiger charge is -2.20. The molecule has 0 fully saturated rings. The van der Waals surface area contributed by atoms with Gasteiger partial charge in [0.1, 0.15) is 0 Å². The van der Waals surface area contributed by atoms with Gasteiger partial charge in [0, 0.05) is 17.0 Å². The smallest absolute Gasteiger partial charge is 0.252 e. The van der Waals surface area contributed by atoms with Gasteiger partial charge in [-0.3, -0.25) is 4.79 Å². The molecule has 3 aromatic rings. The summed E-state index contributed by atoms with van der Waals surface area (Å²) >= 11 is 1.64. The molecular formula is C22H31N5OS. The Hall–Kier alpha value is -2.28. The Morgan fingerprint density at radius 1 is 1.17 bits per heavy atom. The molecule has 0 aliphatic carbocycles. The molecule has 3 rings (SSSR count). The van der Waals surface area contributed by atoms with Crippen LogP contribution in [0.25, 0.3) is 11.0 Å². The van der Waals surface area contributed by atoms with E-state index in [9.17, 15) is 4.79 Å². The van der Waals surface area contributed by atoms with Crippen molar-refractivity contribution in [3.63, 3.8) is 0 Å². The van der Waals surface area contributed by atoms with Crippen molar-refractivity contribution >= 4 is 28.3 Å². The number of hydrogen-bond acceptors (Lipinski definition) is 5. The maximum atomic E-state index is 13.2. The number of rotatable bonds is 5. The third-order valence-electron chi connectivity index (χ3n) is 4.80. The SMILES string of the molecule is Cc1nn(C(C)(C)C)c2nc(C(C)C)cc(C(=O)NCc3csc(C(C)C)n3)c12. The zero-order valence-electron chi connectivity index (χ0n) is 18.6. The third-order valence-corrected chi connectivity index (χ3v) is 5.99. The molecular weight excluding hydrogens is 382 g/mol. The van der Waals surface area contributed by atoms with Crippen LogP contribution < -0.4 is 5.32 Å². The average molecular weight is 414 g/mol. The Kier molecular flexibility index (Phi) is 5.81. The van der Waals surface area contributed by atoms with Crippen LogP contribution >= 0.6 is 11.3 Å². The molecule has 0 bridgehead atoms. The highest BCUT2D eigenvalue weighted by Crippen LogP contribution is 2.29. The second kappa shape index (κ2) is 7.86. The molecule has 0 atom stereocenters. The van der Waals surface area contributed by atoms with Crippen LogP contribution in [-0.2, 0) is 12.1 Å². The van der Waals surface area contributed by atoms with E-state index < -0.39 is 0 Å². The van der Waals surface area contributed by atoms with Crippen LogP contribution in [0.3, 0.4) is 0 Å². The molecule has 0 spiro atoms. The second-order valence-corrected chi connectivity index (χ2v) is 10.0. The summed E-state index contributed by atoms with van der Waals surface area (Å²) < 4.78 is 1.93. The number of thiazole rings is 1. The van der Waals surface area contributed by atoms with Crippen LogP contribution in [0.2, 0.25) is 0 Å². The van der Waals surface area contributed by atoms with Crippen molar-refractivity contribution in [3.8, 4) is 0 Å². The number of aromatic nitrogens is 4. The lowest BCUT2D eigenvalue weighted by Crippen LogP contribution is -2.25. The van der Waals surface area contributed by atoms with E-state index in [1.54, 1.807) is 11.3 Å². The summed E-state index contributed by atoms with van der Waals surface area (Å²) in [6, 6.07) is 1.91. The summed E-state index contributed by atoms with van der Waals surface area (Å²) in [6.07, 6.45) is 0. The minimum atomic E-state index is -0.225. The molecule has 1 amide bonds. The number of nitrogens with one attached hydrogen (secondary N) is 1. The maximum absolute atomic E-state index is 13.2. The van der Waals surface area contributed by atoms with Gasteiger partial charge in [-0.1, -0.05) is 27.7 Å². The largest absolute Gasteiger partial charge is 0.346 e. The topological polar surface area (TPSA) is 72.7 Å². The fourth-order valence-electron chi connectivity index (χ4n) is 3.19. The Morgan fingerprint density at radius 3 is 2.41 bits per heavy atom. The Balaban J connectivity index is 2.00. The van der Waals surface area contributed by atoms with Crippen molar-refractivity contribution in [1.29, 1.82) is 0 Å². The van der Waals surface area contributed by atoms with Crippen molar-refractivity contribution in [2.24, 2.45) is 0 Å². The zero-order chi connectivity index (χ0) is 21.5. The van der Waals surface area contributed by atoms with Crippen molar-refractivity contribution in [1.82, 2.24) is 25.1 Å². The lowest BCUT2D eigenvalue weighted by atomic mass is 10.0. The maximum Gasteiger partial charge on any atom is 0.252 e. The minimum Gasteiger partial charge on any atom is -0.346 e. The van der Waals surface area contributed by atoms with Gasteiger partial charge in [-0.25, -0.2) is 14.6 Å². The summed E-state index contributed by atoms with van der Waals surface area (Å²) in [5, 5.41) is 11.7. The van der Waals surface area contributed by atoms with Gasteiger partial charge in [-0.15, -0.1) is 11.3 Å². The Bertz CT molecular complexity index is 1040. The predicted octanol–water partition coefficient (Wildman–Crippen LogP) is 5.13. The van der Waals surface area contributed by atoms with Crippen molar-refractivity contribution in [2.75, 3.05) is 0 Å². The average Bonchev–Trinajstić information content (AvgIpc) is 3.23.